The Balaban J connectivity index is 0.00000256. The lowest BCUT2D eigenvalue weighted by atomic mass is 9.81. The van der Waals surface area contributed by atoms with E-state index in [1.54, 1.807) is 0 Å². The third-order valence-electron chi connectivity index (χ3n) is 2.97. The minimum Gasteiger partial charge on any atom is -0.329 e. The van der Waals surface area contributed by atoms with E-state index in [1.165, 1.54) is 11.3 Å². The zero-order valence-corrected chi connectivity index (χ0v) is 12.0. The van der Waals surface area contributed by atoms with Crippen LogP contribution in [0.25, 0.3) is 0 Å². The monoisotopic (exact) mass is 278 g/mol. The van der Waals surface area contributed by atoms with Crippen LogP contribution in [0.5, 0.6) is 0 Å². The Hall–Kier alpha value is -0.720. The molecule has 0 saturated heterocycles. The maximum absolute atomic E-state index is 12.1. The molecular weight excluding hydrogens is 260 g/mol. The number of aryl methyl sites for hydroxylation is 1. The normalized spacial score (nSPS) is 10.8. The van der Waals surface area contributed by atoms with E-state index in [0.29, 0.717) is 11.7 Å². The molecule has 0 aliphatic rings. The number of anilines is 1. The summed E-state index contributed by atoms with van der Waals surface area (Å²) in [6.45, 7) is 6.15. The Morgan fingerprint density at radius 3 is 2.35 bits per heavy atom. The number of nitrogens with zero attached hydrogens (tertiary/aromatic N) is 2. The molecule has 0 radical (unpaired) electrons. The molecule has 17 heavy (non-hydrogen) atoms. The number of carbonyl (C=O) groups is 1. The van der Waals surface area contributed by atoms with Gasteiger partial charge in [0.15, 0.2) is 0 Å². The molecule has 0 aliphatic carbocycles. The zero-order valence-electron chi connectivity index (χ0n) is 10.3. The molecular formula is C10H19ClN4OS. The van der Waals surface area contributed by atoms with Crippen molar-refractivity contribution in [3.05, 3.63) is 5.01 Å². The van der Waals surface area contributed by atoms with Crippen LogP contribution < -0.4 is 11.1 Å². The van der Waals surface area contributed by atoms with Gasteiger partial charge >= 0.3 is 0 Å². The molecule has 0 bridgehead atoms. The summed E-state index contributed by atoms with van der Waals surface area (Å²) in [5, 5.41) is 11.9. The number of nitrogens with one attached hydrogen (secondary N) is 1. The lowest BCUT2D eigenvalue weighted by molar-refractivity contribution is -0.125. The topological polar surface area (TPSA) is 80.9 Å². The summed E-state index contributed by atoms with van der Waals surface area (Å²) in [5.74, 6) is -0.0591. The molecule has 3 N–H and O–H groups in total. The first-order valence-corrected chi connectivity index (χ1v) is 6.21. The number of hydrogen-bond acceptors (Lipinski definition) is 5. The quantitative estimate of drug-likeness (QED) is 0.863. The molecule has 5 nitrogen and oxygen atoms in total. The van der Waals surface area contributed by atoms with Crippen LogP contribution in [0.4, 0.5) is 5.13 Å². The molecule has 0 fully saturated rings. The van der Waals surface area contributed by atoms with Gasteiger partial charge in [0.25, 0.3) is 0 Å². The molecule has 0 atom stereocenters. The van der Waals surface area contributed by atoms with E-state index in [-0.39, 0.29) is 18.3 Å². The van der Waals surface area contributed by atoms with Gasteiger partial charge in [-0.2, -0.15) is 0 Å². The third-order valence-corrected chi connectivity index (χ3v) is 3.73. The molecule has 0 saturated carbocycles. The second-order valence-electron chi connectivity index (χ2n) is 3.77. The van der Waals surface area contributed by atoms with E-state index in [4.69, 9.17) is 5.73 Å². The number of hydrogen-bond donors (Lipinski definition) is 2. The van der Waals surface area contributed by atoms with E-state index < -0.39 is 5.41 Å². The molecule has 1 heterocycles. The summed E-state index contributed by atoms with van der Waals surface area (Å²) < 4.78 is 0. The average Bonchev–Trinajstić information content (AvgIpc) is 2.67. The van der Waals surface area contributed by atoms with Crippen molar-refractivity contribution in [2.45, 2.75) is 33.6 Å². The SMILES string of the molecule is CCC(CC)(CN)C(=O)Nc1nnc(C)s1.Cl. The highest BCUT2D eigenvalue weighted by molar-refractivity contribution is 7.15. The summed E-state index contributed by atoms with van der Waals surface area (Å²) >= 11 is 1.37. The number of halogens is 1. The molecule has 1 rings (SSSR count). The summed E-state index contributed by atoms with van der Waals surface area (Å²) in [4.78, 5) is 12.1. The molecule has 0 unspecified atom stereocenters. The summed E-state index contributed by atoms with van der Waals surface area (Å²) in [5.41, 5.74) is 5.21. The van der Waals surface area contributed by atoms with Crippen LogP contribution in [-0.4, -0.2) is 22.6 Å². The first-order valence-electron chi connectivity index (χ1n) is 5.39. The van der Waals surface area contributed by atoms with E-state index in [0.717, 1.165) is 17.8 Å². The van der Waals surface area contributed by atoms with E-state index in [2.05, 4.69) is 15.5 Å². The van der Waals surface area contributed by atoms with Gasteiger partial charge in [0.1, 0.15) is 5.01 Å². The molecule has 1 aromatic rings. The van der Waals surface area contributed by atoms with Crippen molar-refractivity contribution in [1.82, 2.24) is 10.2 Å². The summed E-state index contributed by atoms with van der Waals surface area (Å²) in [6, 6.07) is 0. The first kappa shape index (κ1) is 16.3. The van der Waals surface area contributed by atoms with Gasteiger partial charge in [-0.25, -0.2) is 0 Å². The number of nitrogens with two attached hydrogens (primary N) is 1. The fourth-order valence-corrected chi connectivity index (χ4v) is 2.12. The van der Waals surface area contributed by atoms with Crippen molar-refractivity contribution in [1.29, 1.82) is 0 Å². The van der Waals surface area contributed by atoms with Gasteiger partial charge < -0.3 is 5.73 Å². The number of rotatable bonds is 5. The average molecular weight is 279 g/mol. The molecule has 0 spiro atoms. The van der Waals surface area contributed by atoms with Crippen molar-refractivity contribution >= 4 is 34.8 Å². The van der Waals surface area contributed by atoms with Crippen LogP contribution in [-0.2, 0) is 4.79 Å². The van der Waals surface area contributed by atoms with Crippen molar-refractivity contribution in [3.63, 3.8) is 0 Å². The Morgan fingerprint density at radius 1 is 1.41 bits per heavy atom. The van der Waals surface area contributed by atoms with Crippen LogP contribution in [0, 0.1) is 12.3 Å². The van der Waals surface area contributed by atoms with Gasteiger partial charge in [-0.1, -0.05) is 25.2 Å². The Kier molecular flexibility index (Phi) is 6.59. The van der Waals surface area contributed by atoms with Gasteiger partial charge in [0.2, 0.25) is 11.0 Å². The largest absolute Gasteiger partial charge is 0.329 e. The van der Waals surface area contributed by atoms with Crippen LogP contribution in [0.15, 0.2) is 0 Å². The van der Waals surface area contributed by atoms with Crippen molar-refractivity contribution in [2.24, 2.45) is 11.1 Å². The Morgan fingerprint density at radius 2 is 2.00 bits per heavy atom. The van der Waals surface area contributed by atoms with Gasteiger partial charge in [-0.15, -0.1) is 22.6 Å². The fraction of sp³-hybridized carbons (Fsp3) is 0.700. The number of carbonyl (C=O) groups excluding carboxylic acids is 1. The second kappa shape index (κ2) is 6.88. The Bertz CT molecular complexity index is 357. The molecule has 1 aromatic heterocycles. The lowest BCUT2D eigenvalue weighted by Crippen LogP contribution is -2.41. The smallest absolute Gasteiger partial charge is 0.233 e. The van der Waals surface area contributed by atoms with Gasteiger partial charge in [-0.05, 0) is 19.8 Å². The minimum atomic E-state index is -0.487. The van der Waals surface area contributed by atoms with Gasteiger partial charge in [-0.3, -0.25) is 10.1 Å². The van der Waals surface area contributed by atoms with Crippen molar-refractivity contribution < 1.29 is 4.79 Å². The minimum absolute atomic E-state index is 0. The first-order chi connectivity index (χ1) is 7.57. The maximum atomic E-state index is 12.1. The van der Waals surface area contributed by atoms with Crippen LogP contribution in [0.3, 0.4) is 0 Å². The van der Waals surface area contributed by atoms with Gasteiger partial charge in [0.05, 0.1) is 5.41 Å². The summed E-state index contributed by atoms with van der Waals surface area (Å²) in [6.07, 6.45) is 1.45. The van der Waals surface area contributed by atoms with E-state index in [9.17, 15) is 4.79 Å². The van der Waals surface area contributed by atoms with Crippen molar-refractivity contribution in [2.75, 3.05) is 11.9 Å². The van der Waals surface area contributed by atoms with E-state index in [1.807, 2.05) is 20.8 Å². The molecule has 7 heteroatoms. The molecule has 0 aliphatic heterocycles. The molecule has 1 amide bonds. The van der Waals surface area contributed by atoms with Gasteiger partial charge in [0, 0.05) is 6.54 Å². The highest BCUT2D eigenvalue weighted by atomic mass is 35.5. The zero-order chi connectivity index (χ0) is 12.2. The highest BCUT2D eigenvalue weighted by Crippen LogP contribution is 2.27. The van der Waals surface area contributed by atoms with Crippen molar-refractivity contribution in [3.8, 4) is 0 Å². The predicted octanol–water partition coefficient (Wildman–Crippen LogP) is 1.97. The molecule has 0 aromatic carbocycles. The third kappa shape index (κ3) is 3.62. The Labute approximate surface area is 112 Å². The number of aromatic nitrogens is 2. The maximum Gasteiger partial charge on any atom is 0.233 e. The second-order valence-corrected chi connectivity index (χ2v) is 4.95. The summed E-state index contributed by atoms with van der Waals surface area (Å²) in [7, 11) is 0. The van der Waals surface area contributed by atoms with Crippen LogP contribution in [0.2, 0.25) is 0 Å². The number of amides is 1. The highest BCUT2D eigenvalue weighted by Gasteiger charge is 2.33. The van der Waals surface area contributed by atoms with Crippen LogP contribution in [0.1, 0.15) is 31.7 Å². The van der Waals surface area contributed by atoms with E-state index >= 15 is 0 Å². The lowest BCUT2D eigenvalue weighted by Gasteiger charge is -2.27. The molecule has 98 valence electrons. The fourth-order valence-electron chi connectivity index (χ4n) is 1.53. The predicted molar refractivity (Wildman–Crippen MR) is 72.6 cm³/mol. The van der Waals surface area contributed by atoms with Crippen LogP contribution >= 0.6 is 23.7 Å². The standard InChI is InChI=1S/C10H18N4OS.ClH/c1-4-10(5-2,6-11)8(15)12-9-14-13-7(3)16-9;/h4-6,11H2,1-3H3,(H,12,14,15);1H.